The first kappa shape index (κ1) is 23.6. The number of nitrogens with one attached hydrogen (secondary N) is 2. The Kier molecular flexibility index (Phi) is 11.3. The van der Waals surface area contributed by atoms with Crippen molar-refractivity contribution in [1.29, 1.82) is 0 Å². The molecule has 0 spiro atoms. The second-order valence-corrected chi connectivity index (χ2v) is 6.60. The molecule has 0 saturated heterocycles. The van der Waals surface area contributed by atoms with Crippen molar-refractivity contribution in [1.82, 2.24) is 25.2 Å². The molecule has 1 unspecified atom stereocenters. The van der Waals surface area contributed by atoms with Gasteiger partial charge in [0.1, 0.15) is 5.82 Å². The highest BCUT2D eigenvalue weighted by Gasteiger charge is 2.13. The molecule has 2 aromatic rings. The van der Waals surface area contributed by atoms with Gasteiger partial charge < -0.3 is 15.4 Å². The fraction of sp³-hybridized carbons (Fsp3) is 0.632. The van der Waals surface area contributed by atoms with Gasteiger partial charge in [0, 0.05) is 39.4 Å². The van der Waals surface area contributed by atoms with Crippen LogP contribution in [0.4, 0.5) is 0 Å². The standard InChI is InChI=1S/C19H32N6O.HI/c1-5-26-16(15(2)3)11-13-22-19(20-4)21-12-8-10-18-24-23-17-9-6-7-14-25(17)18;/h6-7,9,14-16H,5,8,10-13H2,1-4H3,(H2,20,21,22);1H. The molecule has 0 bridgehead atoms. The molecule has 7 nitrogen and oxygen atoms in total. The van der Waals surface area contributed by atoms with Crippen LogP contribution in [0.15, 0.2) is 29.4 Å². The summed E-state index contributed by atoms with van der Waals surface area (Å²) in [6.45, 7) is 8.87. The first-order chi connectivity index (χ1) is 12.7. The molecular formula is C19H33IN6O. The van der Waals surface area contributed by atoms with E-state index < -0.39 is 0 Å². The van der Waals surface area contributed by atoms with E-state index in [0.717, 1.165) is 56.4 Å². The van der Waals surface area contributed by atoms with Crippen LogP contribution in [0.3, 0.4) is 0 Å². The molecule has 152 valence electrons. The Morgan fingerprint density at radius 2 is 2.00 bits per heavy atom. The van der Waals surface area contributed by atoms with Crippen LogP contribution in [0.5, 0.6) is 0 Å². The molecule has 0 fully saturated rings. The lowest BCUT2D eigenvalue weighted by Gasteiger charge is -2.21. The van der Waals surface area contributed by atoms with Crippen molar-refractivity contribution in [3.05, 3.63) is 30.2 Å². The Labute approximate surface area is 179 Å². The number of aromatic nitrogens is 3. The third kappa shape index (κ3) is 7.61. The quantitative estimate of drug-likeness (QED) is 0.233. The number of ether oxygens (including phenoxy) is 1. The van der Waals surface area contributed by atoms with Crippen LogP contribution in [-0.2, 0) is 11.2 Å². The van der Waals surface area contributed by atoms with Crippen LogP contribution in [0.25, 0.3) is 5.65 Å². The highest BCUT2D eigenvalue weighted by Crippen LogP contribution is 2.10. The zero-order valence-corrected chi connectivity index (χ0v) is 19.1. The molecule has 0 aliphatic rings. The normalized spacial score (nSPS) is 12.9. The summed E-state index contributed by atoms with van der Waals surface area (Å²) < 4.78 is 7.81. The maximum atomic E-state index is 5.78. The number of aliphatic imine (C=N–C) groups is 1. The van der Waals surface area contributed by atoms with Gasteiger partial charge in [-0.05, 0) is 37.8 Å². The number of hydrogen-bond donors (Lipinski definition) is 2. The number of fused-ring (bicyclic) bond motifs is 1. The molecule has 0 radical (unpaired) electrons. The van der Waals surface area contributed by atoms with Gasteiger partial charge in [0.05, 0.1) is 6.10 Å². The lowest BCUT2D eigenvalue weighted by Crippen LogP contribution is -2.39. The van der Waals surface area contributed by atoms with Crippen molar-refractivity contribution in [2.75, 3.05) is 26.7 Å². The molecular weight excluding hydrogens is 455 g/mol. The Morgan fingerprint density at radius 1 is 1.22 bits per heavy atom. The predicted octanol–water partition coefficient (Wildman–Crippen LogP) is 2.90. The lowest BCUT2D eigenvalue weighted by atomic mass is 10.0. The third-order valence-corrected chi connectivity index (χ3v) is 4.32. The topological polar surface area (TPSA) is 75.8 Å². The number of aryl methyl sites for hydroxylation is 1. The summed E-state index contributed by atoms with van der Waals surface area (Å²) in [4.78, 5) is 4.28. The van der Waals surface area contributed by atoms with E-state index in [1.165, 1.54) is 0 Å². The third-order valence-electron chi connectivity index (χ3n) is 4.32. The van der Waals surface area contributed by atoms with Gasteiger partial charge in [0.25, 0.3) is 0 Å². The highest BCUT2D eigenvalue weighted by atomic mass is 127. The van der Waals surface area contributed by atoms with E-state index in [-0.39, 0.29) is 30.1 Å². The number of halogens is 1. The average Bonchev–Trinajstić information content (AvgIpc) is 3.06. The van der Waals surface area contributed by atoms with Gasteiger partial charge in [-0.1, -0.05) is 19.9 Å². The molecule has 2 aromatic heterocycles. The van der Waals surface area contributed by atoms with Crippen LogP contribution < -0.4 is 10.6 Å². The first-order valence-electron chi connectivity index (χ1n) is 9.50. The average molecular weight is 488 g/mol. The van der Waals surface area contributed by atoms with Gasteiger partial charge in [0.15, 0.2) is 11.6 Å². The summed E-state index contributed by atoms with van der Waals surface area (Å²) >= 11 is 0. The molecule has 0 amide bonds. The summed E-state index contributed by atoms with van der Waals surface area (Å²) in [5.74, 6) is 2.33. The van der Waals surface area contributed by atoms with Gasteiger partial charge in [-0.25, -0.2) is 0 Å². The molecule has 2 N–H and O–H groups in total. The summed E-state index contributed by atoms with van der Waals surface area (Å²) in [6.07, 6.45) is 5.09. The van der Waals surface area contributed by atoms with E-state index in [4.69, 9.17) is 4.74 Å². The number of guanidine groups is 1. The molecule has 8 heteroatoms. The predicted molar refractivity (Wildman–Crippen MR) is 121 cm³/mol. The molecule has 1 atom stereocenters. The zero-order chi connectivity index (χ0) is 18.8. The van der Waals surface area contributed by atoms with Gasteiger partial charge in [0.2, 0.25) is 0 Å². The van der Waals surface area contributed by atoms with Crippen molar-refractivity contribution in [3.8, 4) is 0 Å². The molecule has 0 aliphatic carbocycles. The van der Waals surface area contributed by atoms with Crippen molar-refractivity contribution < 1.29 is 4.74 Å². The van der Waals surface area contributed by atoms with Crippen molar-refractivity contribution in [3.63, 3.8) is 0 Å². The van der Waals surface area contributed by atoms with Crippen LogP contribution in [0, 0.1) is 5.92 Å². The molecule has 0 aliphatic heterocycles. The summed E-state index contributed by atoms with van der Waals surface area (Å²) in [7, 11) is 1.80. The van der Waals surface area contributed by atoms with E-state index in [1.54, 1.807) is 7.05 Å². The second-order valence-electron chi connectivity index (χ2n) is 6.60. The van der Waals surface area contributed by atoms with Crippen molar-refractivity contribution >= 4 is 35.6 Å². The maximum Gasteiger partial charge on any atom is 0.190 e. The maximum absolute atomic E-state index is 5.78. The van der Waals surface area contributed by atoms with Crippen LogP contribution in [0.2, 0.25) is 0 Å². The Bertz CT molecular complexity index is 688. The molecule has 27 heavy (non-hydrogen) atoms. The SMILES string of the molecule is CCOC(CCNC(=NC)NCCCc1nnc2ccccn12)C(C)C.I. The Morgan fingerprint density at radius 3 is 2.70 bits per heavy atom. The number of hydrogen-bond acceptors (Lipinski definition) is 4. The van der Waals surface area contributed by atoms with Gasteiger partial charge in [-0.2, -0.15) is 0 Å². The molecule has 2 rings (SSSR count). The van der Waals surface area contributed by atoms with Crippen LogP contribution in [-0.4, -0.2) is 53.4 Å². The highest BCUT2D eigenvalue weighted by molar-refractivity contribution is 14.0. The minimum Gasteiger partial charge on any atom is -0.378 e. The van der Waals surface area contributed by atoms with Crippen molar-refractivity contribution in [2.45, 2.75) is 46.1 Å². The Balaban J connectivity index is 0.00000364. The van der Waals surface area contributed by atoms with Gasteiger partial charge >= 0.3 is 0 Å². The lowest BCUT2D eigenvalue weighted by molar-refractivity contribution is 0.0258. The van der Waals surface area contributed by atoms with E-state index in [2.05, 4.69) is 39.7 Å². The van der Waals surface area contributed by atoms with E-state index in [9.17, 15) is 0 Å². The van der Waals surface area contributed by atoms with Crippen molar-refractivity contribution in [2.24, 2.45) is 10.9 Å². The number of rotatable bonds is 10. The van der Waals surface area contributed by atoms with Crippen LogP contribution >= 0.6 is 24.0 Å². The van der Waals surface area contributed by atoms with Gasteiger partial charge in [-0.3, -0.25) is 9.39 Å². The summed E-state index contributed by atoms with van der Waals surface area (Å²) in [5, 5.41) is 15.2. The number of nitrogens with zero attached hydrogens (tertiary/aromatic N) is 4. The largest absolute Gasteiger partial charge is 0.378 e. The Hall–Kier alpha value is -1.42. The summed E-state index contributed by atoms with van der Waals surface area (Å²) in [6, 6.07) is 5.93. The van der Waals surface area contributed by atoms with Gasteiger partial charge in [-0.15, -0.1) is 34.2 Å². The summed E-state index contributed by atoms with van der Waals surface area (Å²) in [5.41, 5.74) is 0.891. The fourth-order valence-electron chi connectivity index (χ4n) is 2.89. The smallest absolute Gasteiger partial charge is 0.190 e. The first-order valence-corrected chi connectivity index (χ1v) is 9.50. The number of pyridine rings is 1. The zero-order valence-electron chi connectivity index (χ0n) is 16.8. The molecule has 0 aromatic carbocycles. The van der Waals surface area contributed by atoms with E-state index >= 15 is 0 Å². The molecule has 0 saturated carbocycles. The van der Waals surface area contributed by atoms with Crippen LogP contribution in [0.1, 0.15) is 39.4 Å². The van der Waals surface area contributed by atoms with E-state index in [0.29, 0.717) is 5.92 Å². The fourth-order valence-corrected chi connectivity index (χ4v) is 2.89. The monoisotopic (exact) mass is 488 g/mol. The minimum absolute atomic E-state index is 0. The molecule has 2 heterocycles. The second kappa shape index (κ2) is 12.9. The van der Waals surface area contributed by atoms with E-state index in [1.807, 2.05) is 35.7 Å². The minimum atomic E-state index is 0.